The van der Waals surface area contributed by atoms with Crippen molar-refractivity contribution in [3.05, 3.63) is 29.8 Å². The van der Waals surface area contributed by atoms with Crippen molar-refractivity contribution in [2.24, 2.45) is 0 Å². The molecule has 0 aliphatic rings. The molecule has 0 saturated heterocycles. The van der Waals surface area contributed by atoms with E-state index in [0.29, 0.717) is 6.61 Å². The van der Waals surface area contributed by atoms with Crippen LogP contribution in [0.3, 0.4) is 0 Å². The Labute approximate surface area is 252 Å². The van der Waals surface area contributed by atoms with E-state index in [0.717, 1.165) is 38.0 Å². The molecule has 2 unspecified atom stereocenters. The summed E-state index contributed by atoms with van der Waals surface area (Å²) in [6.07, 6.45) is 21.0. The lowest BCUT2D eigenvalue weighted by Crippen LogP contribution is -2.28. The Hall–Kier alpha value is -1.24. The number of esters is 1. The molecule has 2 atom stereocenters. The highest BCUT2D eigenvalue weighted by Crippen LogP contribution is 2.33. The van der Waals surface area contributed by atoms with E-state index in [9.17, 15) is 9.69 Å². The zero-order valence-electron chi connectivity index (χ0n) is 26.6. The van der Waals surface area contributed by atoms with Gasteiger partial charge in [0.15, 0.2) is 6.10 Å². The highest BCUT2D eigenvalue weighted by Gasteiger charge is 2.18. The number of rotatable bonds is 28. The quantitative estimate of drug-likeness (QED) is 0.0589. The summed E-state index contributed by atoms with van der Waals surface area (Å²) >= 11 is 0. The molecule has 0 saturated carbocycles. The van der Waals surface area contributed by atoms with E-state index in [4.69, 9.17) is 18.5 Å². The molecule has 0 spiro atoms. The third-order valence-corrected chi connectivity index (χ3v) is 7.88. The van der Waals surface area contributed by atoms with E-state index in [1.54, 1.807) is 0 Å². The molecule has 8 heteroatoms. The fourth-order valence-corrected chi connectivity index (χ4v) is 5.41. The van der Waals surface area contributed by atoms with Crippen LogP contribution in [0.1, 0.15) is 122 Å². The minimum atomic E-state index is -2.02. The van der Waals surface area contributed by atoms with E-state index in [2.05, 4.69) is 17.9 Å². The number of para-hydroxylation sites is 1. The van der Waals surface area contributed by atoms with Gasteiger partial charge in [-0.25, -0.2) is 0 Å². The lowest BCUT2D eigenvalue weighted by atomic mass is 10.0. The zero-order chi connectivity index (χ0) is 30.0. The predicted molar refractivity (Wildman–Crippen MR) is 170 cm³/mol. The second kappa shape index (κ2) is 26.4. The van der Waals surface area contributed by atoms with Gasteiger partial charge in [-0.1, -0.05) is 109 Å². The van der Waals surface area contributed by atoms with Gasteiger partial charge in [-0.3, -0.25) is 4.79 Å². The van der Waals surface area contributed by atoms with Crippen LogP contribution in [0.2, 0.25) is 0 Å². The molecule has 238 valence electrons. The molecule has 0 aromatic heterocycles. The highest BCUT2D eigenvalue weighted by atomic mass is 31.2. The number of benzene rings is 1. The smallest absolute Gasteiger partial charge is 0.329 e. The summed E-state index contributed by atoms with van der Waals surface area (Å²) in [5.74, 6) is 0.396. The van der Waals surface area contributed by atoms with Gasteiger partial charge in [-0.05, 0) is 58.0 Å². The maximum atomic E-state index is 11.6. The number of nitrogens with zero attached hydrogens (tertiary/aromatic N) is 1. The number of carbonyl (C=O) groups is 1. The van der Waals surface area contributed by atoms with Crippen LogP contribution in [0, 0.1) is 0 Å². The molecule has 0 aliphatic heterocycles. The maximum Gasteiger partial charge on any atom is 0.329 e. The average molecular weight is 598 g/mol. The van der Waals surface area contributed by atoms with Gasteiger partial charge in [0.25, 0.3) is 0 Å². The first-order valence-electron chi connectivity index (χ1n) is 16.2. The Kier molecular flexibility index (Phi) is 24.3. The van der Waals surface area contributed by atoms with E-state index in [1.807, 2.05) is 32.3 Å². The summed E-state index contributed by atoms with van der Waals surface area (Å²) in [6, 6.07) is 8.05. The Bertz CT molecular complexity index is 750. The lowest BCUT2D eigenvalue weighted by Gasteiger charge is -2.20. The van der Waals surface area contributed by atoms with Gasteiger partial charge < -0.3 is 28.3 Å². The van der Waals surface area contributed by atoms with E-state index in [-0.39, 0.29) is 13.2 Å². The SMILES string of the molecule is CCCCCCCCCCCCCCCCc1ccccc1OCC(COP(O)OCCCCN(C)C)OC(C)=O. The van der Waals surface area contributed by atoms with Gasteiger partial charge >= 0.3 is 14.6 Å². The summed E-state index contributed by atoms with van der Waals surface area (Å²) < 4.78 is 22.2. The molecule has 0 fully saturated rings. The number of hydrogen-bond donors (Lipinski definition) is 1. The summed E-state index contributed by atoms with van der Waals surface area (Å²) in [5.41, 5.74) is 1.17. The molecule has 0 amide bonds. The third kappa shape index (κ3) is 23.0. The number of aryl methyl sites for hydroxylation is 1. The van der Waals surface area contributed by atoms with Crippen molar-refractivity contribution in [1.29, 1.82) is 0 Å². The minimum Gasteiger partial charge on any atom is -0.489 e. The van der Waals surface area contributed by atoms with Gasteiger partial charge in [0.05, 0.1) is 13.2 Å². The lowest BCUT2D eigenvalue weighted by molar-refractivity contribution is -0.149. The van der Waals surface area contributed by atoms with Gasteiger partial charge in [0.1, 0.15) is 12.4 Å². The van der Waals surface area contributed by atoms with Crippen LogP contribution in [0.4, 0.5) is 0 Å². The van der Waals surface area contributed by atoms with Crippen molar-refractivity contribution in [3.8, 4) is 5.75 Å². The maximum absolute atomic E-state index is 11.6. The molecule has 1 aromatic rings. The predicted octanol–water partition coefficient (Wildman–Crippen LogP) is 8.62. The fraction of sp³-hybridized carbons (Fsp3) is 0.788. The summed E-state index contributed by atoms with van der Waals surface area (Å²) in [5, 5.41) is 0. The van der Waals surface area contributed by atoms with Gasteiger partial charge in [-0.2, -0.15) is 0 Å². The summed E-state index contributed by atoms with van der Waals surface area (Å²) in [6.45, 7) is 5.21. The van der Waals surface area contributed by atoms with Crippen molar-refractivity contribution < 1.29 is 28.2 Å². The first-order chi connectivity index (χ1) is 19.9. The van der Waals surface area contributed by atoms with Crippen molar-refractivity contribution in [2.75, 3.05) is 40.5 Å². The standard InChI is InChI=1S/C33H60NO6P/c1-5-6-7-8-9-10-11-12-13-14-15-16-17-18-23-31-24-19-20-25-33(31)37-28-32(40-30(2)35)29-39-41(36)38-27-22-21-26-34(3)4/h19-20,24-25,32,36H,5-18,21-23,26-29H2,1-4H3. The average Bonchev–Trinajstić information content (AvgIpc) is 2.94. The molecular formula is C33H60NO6P. The Balaban J connectivity index is 2.25. The van der Waals surface area contributed by atoms with Crippen LogP contribution in [0.15, 0.2) is 24.3 Å². The molecule has 1 aromatic carbocycles. The van der Waals surface area contributed by atoms with Crippen LogP contribution >= 0.6 is 8.60 Å². The van der Waals surface area contributed by atoms with Crippen molar-refractivity contribution in [1.82, 2.24) is 4.90 Å². The fourth-order valence-electron chi connectivity index (χ4n) is 4.75. The number of carbonyl (C=O) groups excluding carboxylic acids is 1. The first-order valence-corrected chi connectivity index (χ1v) is 17.3. The largest absolute Gasteiger partial charge is 0.489 e. The molecule has 1 rings (SSSR count). The van der Waals surface area contributed by atoms with Gasteiger partial charge in [0.2, 0.25) is 0 Å². The van der Waals surface area contributed by atoms with Crippen LogP contribution in [0.25, 0.3) is 0 Å². The van der Waals surface area contributed by atoms with Crippen LogP contribution in [0.5, 0.6) is 5.75 Å². The Morgan fingerprint density at radius 3 is 1.98 bits per heavy atom. The van der Waals surface area contributed by atoms with Crippen molar-refractivity contribution in [3.63, 3.8) is 0 Å². The summed E-state index contributed by atoms with van der Waals surface area (Å²) in [7, 11) is 2.03. The van der Waals surface area contributed by atoms with Crippen LogP contribution in [-0.4, -0.2) is 62.3 Å². The Morgan fingerprint density at radius 1 is 0.805 bits per heavy atom. The van der Waals surface area contributed by atoms with Crippen LogP contribution in [-0.2, 0) is 25.0 Å². The normalized spacial score (nSPS) is 12.9. The molecule has 0 aliphatic carbocycles. The second-order valence-electron chi connectivity index (χ2n) is 11.4. The molecular weight excluding hydrogens is 537 g/mol. The molecule has 41 heavy (non-hydrogen) atoms. The molecule has 0 bridgehead atoms. The number of hydrogen-bond acceptors (Lipinski definition) is 7. The van der Waals surface area contributed by atoms with Gasteiger partial charge in [0, 0.05) is 6.92 Å². The second-order valence-corrected chi connectivity index (χ2v) is 12.4. The molecule has 7 nitrogen and oxygen atoms in total. The monoisotopic (exact) mass is 597 g/mol. The molecule has 1 N–H and O–H groups in total. The third-order valence-electron chi connectivity index (χ3n) is 7.10. The first kappa shape index (κ1) is 37.8. The van der Waals surface area contributed by atoms with Crippen LogP contribution < -0.4 is 4.74 Å². The topological polar surface area (TPSA) is 77.5 Å². The summed E-state index contributed by atoms with van der Waals surface area (Å²) in [4.78, 5) is 23.8. The molecule has 0 heterocycles. The highest BCUT2D eigenvalue weighted by molar-refractivity contribution is 7.40. The zero-order valence-corrected chi connectivity index (χ0v) is 27.5. The minimum absolute atomic E-state index is 0.0145. The Morgan fingerprint density at radius 2 is 1.39 bits per heavy atom. The van der Waals surface area contributed by atoms with E-state index >= 15 is 0 Å². The van der Waals surface area contributed by atoms with Gasteiger partial charge in [-0.15, -0.1) is 0 Å². The van der Waals surface area contributed by atoms with Crippen molar-refractivity contribution in [2.45, 2.75) is 129 Å². The van der Waals surface area contributed by atoms with E-state index < -0.39 is 20.7 Å². The number of unbranched alkanes of at least 4 members (excludes halogenated alkanes) is 14. The molecule has 0 radical (unpaired) electrons. The van der Waals surface area contributed by atoms with Crippen molar-refractivity contribution >= 4 is 14.6 Å². The number of ether oxygens (including phenoxy) is 2. The van der Waals surface area contributed by atoms with E-state index in [1.165, 1.54) is 96.0 Å².